The van der Waals surface area contributed by atoms with Crippen molar-refractivity contribution in [1.82, 2.24) is 4.90 Å². The predicted octanol–water partition coefficient (Wildman–Crippen LogP) is 1.60. The molecule has 0 aromatic heterocycles. The lowest BCUT2D eigenvalue weighted by molar-refractivity contribution is -0.140. The van der Waals surface area contributed by atoms with Crippen LogP contribution in [0.3, 0.4) is 0 Å². The zero-order valence-electron chi connectivity index (χ0n) is 9.47. The zero-order chi connectivity index (χ0) is 14.6. The highest BCUT2D eigenvalue weighted by Crippen LogP contribution is 2.22. The number of carbonyl (C=O) groups excluding carboxylic acids is 1. The molecule has 19 heavy (non-hydrogen) atoms. The van der Waals surface area contributed by atoms with Gasteiger partial charge in [-0.25, -0.2) is 0 Å². The molecular formula is C11H9Cl2NO5. The molecule has 6 nitrogen and oxygen atoms in total. The molecule has 0 aliphatic heterocycles. The fourth-order valence-corrected chi connectivity index (χ4v) is 1.73. The Bertz CT molecular complexity index is 516. The van der Waals surface area contributed by atoms with Crippen LogP contribution in [0.5, 0.6) is 0 Å². The minimum atomic E-state index is -1.33. The van der Waals surface area contributed by atoms with Crippen LogP contribution < -0.4 is 0 Å². The number of rotatable bonds is 5. The quantitative estimate of drug-likeness (QED) is 0.861. The van der Waals surface area contributed by atoms with E-state index in [2.05, 4.69) is 0 Å². The Morgan fingerprint density at radius 2 is 1.58 bits per heavy atom. The Hall–Kier alpha value is -1.79. The van der Waals surface area contributed by atoms with E-state index < -0.39 is 30.9 Å². The fraction of sp³-hybridized carbons (Fsp3) is 0.182. The topological polar surface area (TPSA) is 94.9 Å². The van der Waals surface area contributed by atoms with Gasteiger partial charge < -0.3 is 15.1 Å². The van der Waals surface area contributed by atoms with Gasteiger partial charge in [0.15, 0.2) is 0 Å². The lowest BCUT2D eigenvalue weighted by Gasteiger charge is -2.19. The largest absolute Gasteiger partial charge is 0.480 e. The highest BCUT2D eigenvalue weighted by molar-refractivity contribution is 6.35. The van der Waals surface area contributed by atoms with Crippen molar-refractivity contribution in [2.24, 2.45) is 0 Å². The van der Waals surface area contributed by atoms with Crippen LogP contribution in [0, 0.1) is 0 Å². The average Bonchev–Trinajstić information content (AvgIpc) is 2.29. The van der Waals surface area contributed by atoms with Gasteiger partial charge in [0, 0.05) is 5.02 Å². The lowest BCUT2D eigenvalue weighted by Crippen LogP contribution is -2.39. The number of nitrogens with zero attached hydrogens (tertiary/aromatic N) is 1. The predicted molar refractivity (Wildman–Crippen MR) is 67.6 cm³/mol. The van der Waals surface area contributed by atoms with Gasteiger partial charge in [-0.3, -0.25) is 14.4 Å². The highest BCUT2D eigenvalue weighted by atomic mass is 35.5. The molecular weight excluding hydrogens is 297 g/mol. The van der Waals surface area contributed by atoms with E-state index in [1.165, 1.54) is 18.2 Å². The van der Waals surface area contributed by atoms with Crippen molar-refractivity contribution in [2.75, 3.05) is 13.1 Å². The molecule has 1 aromatic carbocycles. The van der Waals surface area contributed by atoms with Crippen molar-refractivity contribution in [1.29, 1.82) is 0 Å². The van der Waals surface area contributed by atoms with Gasteiger partial charge in [0.1, 0.15) is 13.1 Å². The summed E-state index contributed by atoms with van der Waals surface area (Å²) in [6.07, 6.45) is 0. The molecule has 1 amide bonds. The van der Waals surface area contributed by atoms with Crippen LogP contribution in [0.25, 0.3) is 0 Å². The number of carboxylic acid groups (broad SMARTS) is 2. The van der Waals surface area contributed by atoms with Gasteiger partial charge in [0.25, 0.3) is 5.91 Å². The number of hydrogen-bond acceptors (Lipinski definition) is 3. The maximum Gasteiger partial charge on any atom is 0.323 e. The van der Waals surface area contributed by atoms with E-state index in [-0.39, 0.29) is 15.6 Å². The van der Waals surface area contributed by atoms with E-state index in [1.54, 1.807) is 0 Å². The van der Waals surface area contributed by atoms with E-state index in [0.29, 0.717) is 4.90 Å². The van der Waals surface area contributed by atoms with Crippen molar-refractivity contribution in [3.63, 3.8) is 0 Å². The SMILES string of the molecule is O=C(O)CN(CC(=O)O)C(=O)c1cc(Cl)ccc1Cl. The van der Waals surface area contributed by atoms with Gasteiger partial charge in [0.2, 0.25) is 0 Å². The number of carboxylic acids is 2. The molecule has 0 aliphatic carbocycles. The van der Waals surface area contributed by atoms with Crippen LogP contribution >= 0.6 is 23.2 Å². The van der Waals surface area contributed by atoms with Crippen molar-refractivity contribution in [3.8, 4) is 0 Å². The summed E-state index contributed by atoms with van der Waals surface area (Å²) in [6.45, 7) is -1.48. The first-order valence-corrected chi connectivity index (χ1v) is 5.74. The molecule has 0 heterocycles. The number of benzene rings is 1. The van der Waals surface area contributed by atoms with Crippen LogP contribution in [-0.2, 0) is 9.59 Å². The molecule has 0 fully saturated rings. The third kappa shape index (κ3) is 4.42. The average molecular weight is 306 g/mol. The summed E-state index contributed by atoms with van der Waals surface area (Å²) >= 11 is 11.5. The molecule has 0 atom stereocenters. The molecule has 0 saturated carbocycles. The molecule has 0 saturated heterocycles. The molecule has 0 unspecified atom stereocenters. The molecule has 8 heteroatoms. The van der Waals surface area contributed by atoms with Crippen molar-refractivity contribution in [3.05, 3.63) is 33.8 Å². The van der Waals surface area contributed by atoms with Crippen molar-refractivity contribution >= 4 is 41.0 Å². The molecule has 0 aliphatic rings. The summed E-state index contributed by atoms with van der Waals surface area (Å²) in [5.41, 5.74) is -0.0448. The first kappa shape index (κ1) is 15.3. The van der Waals surface area contributed by atoms with Crippen LogP contribution in [0.2, 0.25) is 10.0 Å². The minimum absolute atomic E-state index is 0.0448. The van der Waals surface area contributed by atoms with Gasteiger partial charge >= 0.3 is 11.9 Å². The fourth-order valence-electron chi connectivity index (χ4n) is 1.36. The Balaban J connectivity index is 3.07. The minimum Gasteiger partial charge on any atom is -0.480 e. The summed E-state index contributed by atoms with van der Waals surface area (Å²) in [4.78, 5) is 34.0. The van der Waals surface area contributed by atoms with E-state index >= 15 is 0 Å². The van der Waals surface area contributed by atoms with Crippen molar-refractivity contribution in [2.45, 2.75) is 0 Å². The van der Waals surface area contributed by atoms with E-state index in [0.717, 1.165) is 0 Å². The number of hydrogen-bond donors (Lipinski definition) is 2. The summed E-state index contributed by atoms with van der Waals surface area (Å²) in [7, 11) is 0. The molecule has 2 N–H and O–H groups in total. The van der Waals surface area contributed by atoms with Gasteiger partial charge in [0.05, 0.1) is 10.6 Å². The van der Waals surface area contributed by atoms with E-state index in [1.807, 2.05) is 0 Å². The second kappa shape index (κ2) is 6.40. The molecule has 0 radical (unpaired) electrons. The summed E-state index contributed by atoms with van der Waals surface area (Å²) < 4.78 is 0. The number of carbonyl (C=O) groups is 3. The normalized spacial score (nSPS) is 10.0. The molecule has 0 spiro atoms. The van der Waals surface area contributed by atoms with Crippen molar-refractivity contribution < 1.29 is 24.6 Å². The van der Waals surface area contributed by atoms with Gasteiger partial charge in [-0.1, -0.05) is 23.2 Å². The van der Waals surface area contributed by atoms with E-state index in [4.69, 9.17) is 33.4 Å². The third-order valence-corrected chi connectivity index (χ3v) is 2.66. The molecule has 102 valence electrons. The Labute approximate surface area is 118 Å². The maximum absolute atomic E-state index is 12.0. The molecule has 1 rings (SSSR count). The summed E-state index contributed by atoms with van der Waals surface area (Å²) in [5.74, 6) is -3.46. The number of halogens is 2. The van der Waals surface area contributed by atoms with Crippen LogP contribution in [0.4, 0.5) is 0 Å². The lowest BCUT2D eigenvalue weighted by atomic mass is 10.2. The molecule has 1 aromatic rings. The monoisotopic (exact) mass is 305 g/mol. The van der Waals surface area contributed by atoms with E-state index in [9.17, 15) is 14.4 Å². The van der Waals surface area contributed by atoms with Crippen LogP contribution in [0.1, 0.15) is 10.4 Å². The van der Waals surface area contributed by atoms with Gasteiger partial charge in [-0.2, -0.15) is 0 Å². The summed E-state index contributed by atoms with van der Waals surface area (Å²) in [5, 5.41) is 17.6. The third-order valence-electron chi connectivity index (χ3n) is 2.10. The number of aliphatic carboxylic acids is 2. The maximum atomic E-state index is 12.0. The summed E-state index contributed by atoms with van der Waals surface area (Å²) in [6, 6.07) is 4.08. The van der Waals surface area contributed by atoms with Gasteiger partial charge in [-0.15, -0.1) is 0 Å². The number of amides is 1. The Morgan fingerprint density at radius 1 is 1.05 bits per heavy atom. The second-order valence-electron chi connectivity index (χ2n) is 3.57. The standard InChI is InChI=1S/C11H9Cl2NO5/c12-6-1-2-8(13)7(3-6)11(19)14(4-9(15)16)5-10(17)18/h1-3H,4-5H2,(H,15,16)(H,17,18). The highest BCUT2D eigenvalue weighted by Gasteiger charge is 2.23. The smallest absolute Gasteiger partial charge is 0.323 e. The van der Waals surface area contributed by atoms with Gasteiger partial charge in [-0.05, 0) is 18.2 Å². The van der Waals surface area contributed by atoms with Crippen LogP contribution in [0.15, 0.2) is 18.2 Å². The first-order valence-electron chi connectivity index (χ1n) is 4.99. The first-order chi connectivity index (χ1) is 8.81. The zero-order valence-corrected chi connectivity index (χ0v) is 11.0. The Kier molecular flexibility index (Phi) is 5.14. The second-order valence-corrected chi connectivity index (χ2v) is 4.42. The van der Waals surface area contributed by atoms with Crippen LogP contribution in [-0.4, -0.2) is 46.0 Å². The molecule has 0 bridgehead atoms. The Morgan fingerprint density at radius 3 is 2.05 bits per heavy atom.